The molecule has 0 radical (unpaired) electrons. The van der Waals surface area contributed by atoms with Gasteiger partial charge in [0, 0.05) is 37.4 Å². The molecule has 0 aliphatic carbocycles. The van der Waals surface area contributed by atoms with Crippen molar-refractivity contribution in [2.24, 2.45) is 0 Å². The van der Waals surface area contributed by atoms with Crippen molar-refractivity contribution >= 4 is 28.7 Å². The van der Waals surface area contributed by atoms with E-state index in [9.17, 15) is 15.0 Å². The summed E-state index contributed by atoms with van der Waals surface area (Å²) in [6, 6.07) is 9.58. The summed E-state index contributed by atoms with van der Waals surface area (Å²) in [5.74, 6) is 0.298. The van der Waals surface area contributed by atoms with E-state index < -0.39 is 12.2 Å². The predicted octanol–water partition coefficient (Wildman–Crippen LogP) is 2.52. The summed E-state index contributed by atoms with van der Waals surface area (Å²) in [5, 5.41) is 29.8. The van der Waals surface area contributed by atoms with Gasteiger partial charge in [0.15, 0.2) is 5.65 Å². The van der Waals surface area contributed by atoms with Crippen LogP contribution in [0.4, 0.5) is 5.82 Å². The number of aromatic nitrogens is 4. The van der Waals surface area contributed by atoms with Gasteiger partial charge in [-0.25, -0.2) is 14.5 Å². The number of carbonyl (C=O) groups excluding carboxylic acids is 1. The van der Waals surface area contributed by atoms with Crippen LogP contribution in [0.2, 0.25) is 0 Å². The number of aliphatic hydroxyl groups is 2. The summed E-state index contributed by atoms with van der Waals surface area (Å²) in [7, 11) is 0. The number of rotatable bonds is 9. The van der Waals surface area contributed by atoms with E-state index in [2.05, 4.69) is 36.1 Å². The number of aliphatic hydroxyl groups excluding tert-OH is 2. The number of pyridine rings is 1. The Labute approximate surface area is 225 Å². The van der Waals surface area contributed by atoms with Crippen molar-refractivity contribution in [2.75, 3.05) is 37.6 Å². The molecule has 0 saturated carbocycles. The lowest BCUT2D eigenvalue weighted by atomic mass is 10.1. The normalized spacial score (nSPS) is 18.4. The van der Waals surface area contributed by atoms with E-state index >= 15 is 0 Å². The topological polar surface area (TPSA) is 119 Å². The van der Waals surface area contributed by atoms with Gasteiger partial charge in [-0.3, -0.25) is 9.69 Å². The molecule has 3 atom stereocenters. The van der Waals surface area contributed by atoms with Gasteiger partial charge in [-0.1, -0.05) is 19.9 Å². The minimum Gasteiger partial charge on any atom is -0.389 e. The van der Waals surface area contributed by atoms with Crippen molar-refractivity contribution in [3.05, 3.63) is 53.7 Å². The third-order valence-corrected chi connectivity index (χ3v) is 7.96. The first-order valence-electron chi connectivity index (χ1n) is 12.9. The first-order valence-corrected chi connectivity index (χ1v) is 13.8. The average molecular weight is 536 g/mol. The lowest BCUT2D eigenvalue weighted by molar-refractivity contribution is 0.0572. The van der Waals surface area contributed by atoms with Crippen LogP contribution in [0.3, 0.4) is 0 Å². The van der Waals surface area contributed by atoms with E-state index in [4.69, 9.17) is 9.97 Å². The van der Waals surface area contributed by atoms with Crippen LogP contribution >= 0.6 is 11.3 Å². The highest BCUT2D eigenvalue weighted by molar-refractivity contribution is 7.13. The molecule has 5 rings (SSSR count). The molecule has 1 amide bonds. The molecule has 11 heteroatoms. The number of thiophene rings is 1. The number of amides is 1. The van der Waals surface area contributed by atoms with Gasteiger partial charge >= 0.3 is 0 Å². The Morgan fingerprint density at radius 2 is 1.92 bits per heavy atom. The average Bonchev–Trinajstić information content (AvgIpc) is 3.68. The zero-order chi connectivity index (χ0) is 26.8. The molecular weight excluding hydrogens is 502 g/mol. The first-order chi connectivity index (χ1) is 18.4. The highest BCUT2D eigenvalue weighted by Crippen LogP contribution is 2.30. The number of fused-ring (bicyclic) bond motifs is 1. The Kier molecular flexibility index (Phi) is 7.70. The summed E-state index contributed by atoms with van der Waals surface area (Å²) in [4.78, 5) is 28.1. The quantitative estimate of drug-likeness (QED) is 0.299. The lowest BCUT2D eigenvalue weighted by Gasteiger charge is -2.26. The van der Waals surface area contributed by atoms with Crippen LogP contribution in [0.15, 0.2) is 48.1 Å². The maximum Gasteiger partial charge on any atom is 0.251 e. The number of anilines is 1. The second-order valence-electron chi connectivity index (χ2n) is 9.54. The van der Waals surface area contributed by atoms with Crippen molar-refractivity contribution in [1.29, 1.82) is 0 Å². The summed E-state index contributed by atoms with van der Waals surface area (Å²) in [6.07, 6.45) is 1.81. The minimum atomic E-state index is -0.875. The SMILES string of the molecule is CCN(CC)[C@@H](C)CNC(=O)c1cc(-c2cnn3ccc(-c4cccs4)nc23)nc(N2C[C@H](O)[C@@H](O)C2)c1. The van der Waals surface area contributed by atoms with Crippen molar-refractivity contribution in [1.82, 2.24) is 29.8 Å². The Hall–Kier alpha value is -3.38. The van der Waals surface area contributed by atoms with Gasteiger partial charge in [0.25, 0.3) is 5.91 Å². The van der Waals surface area contributed by atoms with Crippen molar-refractivity contribution in [2.45, 2.75) is 39.0 Å². The van der Waals surface area contributed by atoms with Crippen LogP contribution in [0.1, 0.15) is 31.1 Å². The molecule has 4 aromatic rings. The molecule has 3 N–H and O–H groups in total. The highest BCUT2D eigenvalue weighted by atomic mass is 32.1. The number of hydrogen-bond acceptors (Lipinski definition) is 9. The molecule has 0 unspecified atom stereocenters. The van der Waals surface area contributed by atoms with Gasteiger partial charge in [-0.05, 0) is 49.7 Å². The third-order valence-electron chi connectivity index (χ3n) is 7.07. The fourth-order valence-electron chi connectivity index (χ4n) is 4.83. The first kappa shape index (κ1) is 26.2. The van der Waals surface area contributed by atoms with E-state index in [1.807, 2.05) is 29.8 Å². The Morgan fingerprint density at radius 3 is 2.61 bits per heavy atom. The molecule has 4 aromatic heterocycles. The molecular formula is C27H33N7O3S. The number of nitrogens with one attached hydrogen (secondary N) is 1. The Balaban J connectivity index is 1.52. The van der Waals surface area contributed by atoms with Crippen LogP contribution in [0.25, 0.3) is 27.5 Å². The summed E-state index contributed by atoms with van der Waals surface area (Å²) in [5.41, 5.74) is 3.15. The standard InChI is InChI=1S/C27H33N7O3S/c1-4-32(5-2)17(3)13-28-27(37)18-11-21(30-25(12-18)33-15-22(35)23(36)16-33)19-14-29-34-9-8-20(31-26(19)34)24-7-6-10-38-24/h6-12,14,17,22-23,35-36H,4-5,13,15-16H2,1-3H3,(H,28,37)/t17-,22-,23-/m0/s1. The lowest BCUT2D eigenvalue weighted by Crippen LogP contribution is -2.42. The maximum atomic E-state index is 13.3. The Morgan fingerprint density at radius 1 is 1.16 bits per heavy atom. The van der Waals surface area contributed by atoms with Crippen LogP contribution in [-0.4, -0.2) is 91.6 Å². The summed E-state index contributed by atoms with van der Waals surface area (Å²) < 4.78 is 1.69. The molecule has 38 heavy (non-hydrogen) atoms. The molecule has 1 aliphatic rings. The van der Waals surface area contributed by atoms with Crippen LogP contribution in [0, 0.1) is 0 Å². The van der Waals surface area contributed by atoms with E-state index in [0.717, 1.165) is 23.7 Å². The van der Waals surface area contributed by atoms with Gasteiger partial charge in [-0.2, -0.15) is 5.10 Å². The fraction of sp³-hybridized carbons (Fsp3) is 0.407. The molecule has 0 spiro atoms. The number of β-amino-alcohol motifs (C(OH)–C–C–N with tert-alkyl or cyclic N) is 2. The Bertz CT molecular complexity index is 1390. The van der Waals surface area contributed by atoms with Gasteiger partial charge < -0.3 is 20.4 Å². The predicted molar refractivity (Wildman–Crippen MR) is 148 cm³/mol. The molecule has 1 aliphatic heterocycles. The summed E-state index contributed by atoms with van der Waals surface area (Å²) >= 11 is 1.61. The van der Waals surface area contributed by atoms with E-state index in [-0.39, 0.29) is 25.0 Å². The third kappa shape index (κ3) is 5.28. The van der Waals surface area contributed by atoms with E-state index in [1.165, 1.54) is 0 Å². The number of nitrogens with zero attached hydrogens (tertiary/aromatic N) is 6. The monoisotopic (exact) mass is 535 g/mol. The minimum absolute atomic E-state index is 0.193. The van der Waals surface area contributed by atoms with Crippen molar-refractivity contribution in [3.8, 4) is 21.8 Å². The van der Waals surface area contributed by atoms with E-state index in [0.29, 0.717) is 34.8 Å². The largest absolute Gasteiger partial charge is 0.389 e. The number of hydrogen-bond donors (Lipinski definition) is 3. The van der Waals surface area contributed by atoms with Gasteiger partial charge in [0.05, 0.1) is 40.2 Å². The van der Waals surface area contributed by atoms with Gasteiger partial charge in [0.1, 0.15) is 5.82 Å². The maximum absolute atomic E-state index is 13.3. The smallest absolute Gasteiger partial charge is 0.251 e. The van der Waals surface area contributed by atoms with Gasteiger partial charge in [0.2, 0.25) is 0 Å². The second-order valence-corrected chi connectivity index (χ2v) is 10.5. The van der Waals surface area contributed by atoms with Crippen LogP contribution in [-0.2, 0) is 0 Å². The van der Waals surface area contributed by atoms with Crippen LogP contribution < -0.4 is 10.2 Å². The van der Waals surface area contributed by atoms with Gasteiger partial charge in [-0.15, -0.1) is 11.3 Å². The number of likely N-dealkylation sites (N-methyl/N-ethyl adjacent to an activating group) is 1. The summed E-state index contributed by atoms with van der Waals surface area (Å²) in [6.45, 7) is 9.10. The number of carbonyl (C=O) groups is 1. The highest BCUT2D eigenvalue weighted by Gasteiger charge is 2.31. The molecule has 10 nitrogen and oxygen atoms in total. The molecule has 200 valence electrons. The zero-order valence-corrected chi connectivity index (χ0v) is 22.6. The molecule has 1 saturated heterocycles. The zero-order valence-electron chi connectivity index (χ0n) is 21.8. The van der Waals surface area contributed by atoms with Crippen LogP contribution in [0.5, 0.6) is 0 Å². The van der Waals surface area contributed by atoms with Crippen molar-refractivity contribution < 1.29 is 15.0 Å². The van der Waals surface area contributed by atoms with Crippen molar-refractivity contribution in [3.63, 3.8) is 0 Å². The fourth-order valence-corrected chi connectivity index (χ4v) is 5.53. The molecule has 1 fully saturated rings. The molecule has 5 heterocycles. The second kappa shape index (κ2) is 11.2. The molecule has 0 bridgehead atoms. The van der Waals surface area contributed by atoms with E-state index in [1.54, 1.807) is 39.1 Å². The molecule has 0 aromatic carbocycles.